The van der Waals surface area contributed by atoms with E-state index < -0.39 is 0 Å². The van der Waals surface area contributed by atoms with E-state index in [-0.39, 0.29) is 5.82 Å². The minimum Gasteiger partial charge on any atom is -0.496 e. The van der Waals surface area contributed by atoms with E-state index in [1.54, 1.807) is 25.6 Å². The summed E-state index contributed by atoms with van der Waals surface area (Å²) in [5.41, 5.74) is 4.71. The summed E-state index contributed by atoms with van der Waals surface area (Å²) in [5.74, 6) is 0.186. The van der Waals surface area contributed by atoms with Crippen molar-refractivity contribution in [3.63, 3.8) is 0 Å². The molecule has 0 aliphatic heterocycles. The summed E-state index contributed by atoms with van der Waals surface area (Å²) in [7, 11) is 1.55. The van der Waals surface area contributed by atoms with E-state index in [1.165, 1.54) is 12.1 Å². The van der Waals surface area contributed by atoms with Gasteiger partial charge in [-0.3, -0.25) is 4.98 Å². The zero-order valence-electron chi connectivity index (χ0n) is 13.8. The first-order chi connectivity index (χ1) is 12.2. The Bertz CT molecular complexity index is 1070. The van der Waals surface area contributed by atoms with Crippen molar-refractivity contribution in [1.29, 1.82) is 0 Å². The van der Waals surface area contributed by atoms with Crippen LogP contribution in [0.15, 0.2) is 59.4 Å². The third-order valence-corrected chi connectivity index (χ3v) is 4.24. The quantitative estimate of drug-likeness (QED) is 0.528. The number of pyridine rings is 1. The van der Waals surface area contributed by atoms with Crippen LogP contribution >= 0.6 is 0 Å². The third-order valence-electron chi connectivity index (χ3n) is 4.24. The van der Waals surface area contributed by atoms with Gasteiger partial charge < -0.3 is 9.26 Å². The Morgan fingerprint density at radius 2 is 1.92 bits per heavy atom. The van der Waals surface area contributed by atoms with Gasteiger partial charge in [-0.05, 0) is 42.8 Å². The summed E-state index contributed by atoms with van der Waals surface area (Å²) in [6.45, 7) is 2.02. The molecule has 4 nitrogen and oxygen atoms in total. The highest BCUT2D eigenvalue weighted by molar-refractivity contribution is 6.00. The normalized spacial score (nSPS) is 11.0. The molecule has 0 bridgehead atoms. The molecule has 0 radical (unpaired) electrons. The van der Waals surface area contributed by atoms with Crippen LogP contribution in [-0.4, -0.2) is 17.3 Å². The van der Waals surface area contributed by atoms with E-state index in [0.29, 0.717) is 22.6 Å². The first kappa shape index (κ1) is 15.3. The van der Waals surface area contributed by atoms with Gasteiger partial charge in [0.1, 0.15) is 17.3 Å². The molecular formula is C20H15FN2O2. The highest BCUT2D eigenvalue weighted by Crippen LogP contribution is 2.38. The van der Waals surface area contributed by atoms with E-state index in [2.05, 4.69) is 10.1 Å². The van der Waals surface area contributed by atoms with Crippen molar-refractivity contribution in [3.05, 3.63) is 66.2 Å². The van der Waals surface area contributed by atoms with Crippen LogP contribution in [0.3, 0.4) is 0 Å². The number of nitrogens with zero attached hydrogens (tertiary/aromatic N) is 2. The van der Waals surface area contributed by atoms with Gasteiger partial charge in [0, 0.05) is 29.1 Å². The third kappa shape index (κ3) is 2.54. The van der Waals surface area contributed by atoms with Crippen molar-refractivity contribution in [2.75, 3.05) is 7.11 Å². The van der Waals surface area contributed by atoms with Crippen molar-refractivity contribution in [3.8, 4) is 28.1 Å². The lowest BCUT2D eigenvalue weighted by Gasteiger charge is -2.07. The van der Waals surface area contributed by atoms with Crippen LogP contribution in [0.2, 0.25) is 0 Å². The van der Waals surface area contributed by atoms with Crippen molar-refractivity contribution in [2.24, 2.45) is 0 Å². The van der Waals surface area contributed by atoms with Crippen LogP contribution in [0.25, 0.3) is 33.4 Å². The summed E-state index contributed by atoms with van der Waals surface area (Å²) in [6.07, 6.45) is 3.55. The van der Waals surface area contributed by atoms with Crippen LogP contribution in [-0.2, 0) is 0 Å². The smallest absolute Gasteiger partial charge is 0.175 e. The molecule has 0 unspecified atom stereocenters. The van der Waals surface area contributed by atoms with Crippen LogP contribution < -0.4 is 4.74 Å². The van der Waals surface area contributed by atoms with Gasteiger partial charge in [-0.1, -0.05) is 17.3 Å². The Hall–Kier alpha value is -3.21. The maximum absolute atomic E-state index is 13.8. The van der Waals surface area contributed by atoms with Crippen molar-refractivity contribution in [2.45, 2.75) is 6.92 Å². The molecule has 0 atom stereocenters. The molecule has 0 aliphatic rings. The molecule has 0 saturated heterocycles. The number of rotatable bonds is 3. The monoisotopic (exact) mass is 334 g/mol. The first-order valence-electron chi connectivity index (χ1n) is 7.82. The lowest BCUT2D eigenvalue weighted by molar-refractivity contribution is 0.414. The fourth-order valence-corrected chi connectivity index (χ4v) is 2.98. The Morgan fingerprint density at radius 1 is 1.04 bits per heavy atom. The SMILES string of the molecule is COc1ccc(F)cc1-c1noc2c(-c3cnccc3C)cccc12. The lowest BCUT2D eigenvalue weighted by atomic mass is 9.99. The highest BCUT2D eigenvalue weighted by atomic mass is 19.1. The predicted octanol–water partition coefficient (Wildman–Crippen LogP) is 5.01. The number of hydrogen-bond donors (Lipinski definition) is 0. The summed E-state index contributed by atoms with van der Waals surface area (Å²) in [5, 5.41) is 4.99. The standard InChI is InChI=1S/C20H15FN2O2/c1-12-8-9-22-11-17(12)14-4-3-5-15-19(23-25-20(14)15)16-10-13(21)6-7-18(16)24-2/h3-11H,1-2H3. The molecule has 0 N–H and O–H groups in total. The number of hydrogen-bond acceptors (Lipinski definition) is 4. The highest BCUT2D eigenvalue weighted by Gasteiger charge is 2.18. The fraction of sp³-hybridized carbons (Fsp3) is 0.100. The number of aromatic nitrogens is 2. The van der Waals surface area contributed by atoms with Gasteiger partial charge in [0.15, 0.2) is 5.58 Å². The molecule has 124 valence electrons. The Kier molecular flexibility index (Phi) is 3.69. The molecule has 25 heavy (non-hydrogen) atoms. The van der Waals surface area contributed by atoms with E-state index in [1.807, 2.05) is 31.2 Å². The van der Waals surface area contributed by atoms with Gasteiger partial charge in [-0.2, -0.15) is 0 Å². The maximum Gasteiger partial charge on any atom is 0.175 e. The van der Waals surface area contributed by atoms with E-state index in [9.17, 15) is 4.39 Å². The average molecular weight is 334 g/mol. The van der Waals surface area contributed by atoms with Gasteiger partial charge in [0.05, 0.1) is 12.5 Å². The van der Waals surface area contributed by atoms with E-state index in [0.717, 1.165) is 22.1 Å². The number of para-hydroxylation sites is 1. The molecule has 2 heterocycles. The number of aryl methyl sites for hydroxylation is 1. The van der Waals surface area contributed by atoms with Gasteiger partial charge >= 0.3 is 0 Å². The minimum absolute atomic E-state index is 0.355. The molecule has 0 aliphatic carbocycles. The summed E-state index contributed by atoms with van der Waals surface area (Å²) in [6, 6.07) is 12.1. The maximum atomic E-state index is 13.8. The summed E-state index contributed by atoms with van der Waals surface area (Å²) in [4.78, 5) is 4.20. The summed E-state index contributed by atoms with van der Waals surface area (Å²) < 4.78 is 24.7. The van der Waals surface area contributed by atoms with Gasteiger partial charge in [0.2, 0.25) is 0 Å². The molecule has 0 amide bonds. The van der Waals surface area contributed by atoms with Gasteiger partial charge in [-0.25, -0.2) is 4.39 Å². The second-order valence-corrected chi connectivity index (χ2v) is 5.75. The molecule has 4 rings (SSSR count). The average Bonchev–Trinajstić information content (AvgIpc) is 3.06. The lowest BCUT2D eigenvalue weighted by Crippen LogP contribution is -1.90. The Morgan fingerprint density at radius 3 is 2.72 bits per heavy atom. The van der Waals surface area contributed by atoms with Gasteiger partial charge in [0.25, 0.3) is 0 Å². The molecule has 0 saturated carbocycles. The number of fused-ring (bicyclic) bond motifs is 1. The van der Waals surface area contributed by atoms with E-state index >= 15 is 0 Å². The second-order valence-electron chi connectivity index (χ2n) is 5.75. The molecule has 2 aromatic carbocycles. The molecule has 0 fully saturated rings. The minimum atomic E-state index is -0.355. The molecule has 4 aromatic rings. The molecule has 0 spiro atoms. The zero-order chi connectivity index (χ0) is 17.4. The van der Waals surface area contributed by atoms with Crippen molar-refractivity contribution >= 4 is 11.0 Å². The number of benzene rings is 2. The first-order valence-corrected chi connectivity index (χ1v) is 7.82. The Balaban J connectivity index is 1.97. The predicted molar refractivity (Wildman–Crippen MR) is 93.9 cm³/mol. The molecular weight excluding hydrogens is 319 g/mol. The fourth-order valence-electron chi connectivity index (χ4n) is 2.98. The van der Waals surface area contributed by atoms with Crippen molar-refractivity contribution in [1.82, 2.24) is 10.1 Å². The van der Waals surface area contributed by atoms with Crippen LogP contribution in [0.4, 0.5) is 4.39 Å². The van der Waals surface area contributed by atoms with Gasteiger partial charge in [-0.15, -0.1) is 0 Å². The summed E-state index contributed by atoms with van der Waals surface area (Å²) >= 11 is 0. The number of ether oxygens (including phenoxy) is 1. The number of methoxy groups -OCH3 is 1. The topological polar surface area (TPSA) is 48.2 Å². The van der Waals surface area contributed by atoms with E-state index in [4.69, 9.17) is 9.26 Å². The van der Waals surface area contributed by atoms with Crippen LogP contribution in [0, 0.1) is 12.7 Å². The molecule has 5 heteroatoms. The zero-order valence-corrected chi connectivity index (χ0v) is 13.8. The van der Waals surface area contributed by atoms with Crippen molar-refractivity contribution < 1.29 is 13.7 Å². The molecule has 2 aromatic heterocycles. The van der Waals surface area contributed by atoms with Crippen LogP contribution in [0.1, 0.15) is 5.56 Å². The number of halogens is 1. The largest absolute Gasteiger partial charge is 0.496 e. The van der Waals surface area contributed by atoms with Crippen LogP contribution in [0.5, 0.6) is 5.75 Å². The Labute approximate surface area is 143 Å². The second kappa shape index (κ2) is 6.02.